The highest BCUT2D eigenvalue weighted by Gasteiger charge is 2.37. The number of rotatable bonds is 9. The van der Waals surface area contributed by atoms with Crippen molar-refractivity contribution in [2.45, 2.75) is 24.0 Å². The molecule has 0 amide bonds. The lowest BCUT2D eigenvalue weighted by Crippen LogP contribution is -2.32. The Bertz CT molecular complexity index is 1260. The number of hydrogen-bond donors (Lipinski definition) is 0. The number of hydrogen-bond acceptors (Lipinski definition) is 8. The van der Waals surface area contributed by atoms with Gasteiger partial charge in [0.2, 0.25) is 0 Å². The lowest BCUT2D eigenvalue weighted by Gasteiger charge is -2.21. The summed E-state index contributed by atoms with van der Waals surface area (Å²) < 4.78 is 61.5. The van der Waals surface area contributed by atoms with Gasteiger partial charge >= 0.3 is 16.5 Å². The number of thiazole rings is 1. The van der Waals surface area contributed by atoms with Crippen molar-refractivity contribution in [1.29, 1.82) is 0 Å². The minimum absolute atomic E-state index is 0.0589. The van der Waals surface area contributed by atoms with E-state index in [0.29, 0.717) is 19.5 Å². The van der Waals surface area contributed by atoms with Gasteiger partial charge < -0.3 is 9.57 Å². The van der Waals surface area contributed by atoms with Crippen molar-refractivity contribution in [2.24, 2.45) is 0 Å². The maximum atomic E-state index is 15.2. The highest BCUT2D eigenvalue weighted by molar-refractivity contribution is 9.10. The van der Waals surface area contributed by atoms with E-state index in [-0.39, 0.29) is 33.1 Å². The molecule has 4 rings (SSSR count). The number of halogens is 3. The molecule has 0 aliphatic carbocycles. The number of sulfonamides is 1. The molecule has 0 radical (unpaired) electrons. The molecule has 2 heterocycles. The Hall–Kier alpha value is -2.61. The molecular weight excluding hydrogens is 556 g/mol. The minimum atomic E-state index is -4.98. The molecule has 180 valence electrons. The van der Waals surface area contributed by atoms with Crippen LogP contribution in [0.3, 0.4) is 0 Å². The topological polar surface area (TPSA) is 89.0 Å². The van der Waals surface area contributed by atoms with Crippen LogP contribution in [0.1, 0.15) is 12.0 Å². The van der Waals surface area contributed by atoms with E-state index in [4.69, 9.17) is 4.74 Å². The third-order valence-electron chi connectivity index (χ3n) is 5.08. The van der Waals surface area contributed by atoms with Crippen LogP contribution >= 0.6 is 27.3 Å². The molecule has 0 bridgehead atoms. The molecule has 13 heteroatoms. The Morgan fingerprint density at radius 3 is 2.74 bits per heavy atom. The second kappa shape index (κ2) is 10.3. The van der Waals surface area contributed by atoms with Gasteiger partial charge in [0.25, 0.3) is 0 Å². The van der Waals surface area contributed by atoms with E-state index in [1.807, 2.05) is 30.3 Å². The zero-order chi connectivity index (χ0) is 24.3. The zero-order valence-corrected chi connectivity index (χ0v) is 20.7. The smallest absolute Gasteiger partial charge is 0.322 e. The molecule has 1 fully saturated rings. The first-order valence-electron chi connectivity index (χ1n) is 9.95. The number of ether oxygens (including phenoxy) is 1. The Morgan fingerprint density at radius 2 is 2.06 bits per heavy atom. The van der Waals surface area contributed by atoms with Crippen molar-refractivity contribution in [3.8, 4) is 5.75 Å². The highest BCUT2D eigenvalue weighted by atomic mass is 79.9. The zero-order valence-electron chi connectivity index (χ0n) is 17.4. The largest absolute Gasteiger partial charge is 0.488 e. The van der Waals surface area contributed by atoms with Crippen molar-refractivity contribution < 1.29 is 31.6 Å². The third kappa shape index (κ3) is 5.06. The molecule has 0 saturated carbocycles. The molecule has 1 atom stereocenters. The van der Waals surface area contributed by atoms with Crippen LogP contribution in [-0.2, 0) is 26.2 Å². The minimum Gasteiger partial charge on any atom is -0.488 e. The highest BCUT2D eigenvalue weighted by Crippen LogP contribution is 2.37. The van der Waals surface area contributed by atoms with Crippen LogP contribution in [0.4, 0.5) is 14.6 Å². The van der Waals surface area contributed by atoms with Gasteiger partial charge in [0, 0.05) is 31.1 Å². The standard InChI is InChI=1S/C21H18BrF2N3O5S2/c22-19-17(32-15-6-7-26(10-15)9-14-4-2-1-3-5-14)8-16(23)21(20(19)24)34(29,30)27(31-13-28)18-11-33-12-25-18/h1-5,8,11-13,15H,6-7,9-10H2/t15-/m0/s1. The van der Waals surface area contributed by atoms with E-state index in [2.05, 4.69) is 30.7 Å². The quantitative estimate of drug-likeness (QED) is 0.216. The molecule has 34 heavy (non-hydrogen) atoms. The first-order valence-corrected chi connectivity index (χ1v) is 13.1. The van der Waals surface area contributed by atoms with Gasteiger partial charge in [0.1, 0.15) is 11.9 Å². The second-order valence-corrected chi connectivity index (χ2v) is 10.5. The fourth-order valence-corrected chi connectivity index (χ4v) is 6.00. The molecule has 1 aromatic heterocycles. The summed E-state index contributed by atoms with van der Waals surface area (Å²) in [5.74, 6) is -3.30. The predicted octanol–water partition coefficient (Wildman–Crippen LogP) is 4.12. The van der Waals surface area contributed by atoms with Crippen LogP contribution in [0, 0.1) is 11.6 Å². The summed E-state index contributed by atoms with van der Waals surface area (Å²) in [7, 11) is -4.98. The van der Waals surface area contributed by atoms with Crippen molar-refractivity contribution in [3.05, 3.63) is 69.0 Å². The summed E-state index contributed by atoms with van der Waals surface area (Å²) in [4.78, 5) is 19.9. The van der Waals surface area contributed by atoms with E-state index in [1.165, 1.54) is 10.9 Å². The summed E-state index contributed by atoms with van der Waals surface area (Å²) in [5.41, 5.74) is 2.41. The van der Waals surface area contributed by atoms with E-state index in [1.54, 1.807) is 0 Å². The van der Waals surface area contributed by atoms with Crippen LogP contribution in [0.15, 0.2) is 56.7 Å². The number of nitrogens with zero attached hydrogens (tertiary/aromatic N) is 3. The third-order valence-corrected chi connectivity index (χ3v) is 7.99. The second-order valence-electron chi connectivity index (χ2n) is 7.34. The van der Waals surface area contributed by atoms with Gasteiger partial charge in [0.05, 0.1) is 9.98 Å². The van der Waals surface area contributed by atoms with Gasteiger partial charge in [-0.05, 0) is 27.9 Å². The summed E-state index contributed by atoms with van der Waals surface area (Å²) in [6.07, 6.45) is 0.291. The molecule has 2 aromatic carbocycles. The number of carbonyl (C=O) groups is 1. The van der Waals surface area contributed by atoms with Crippen molar-refractivity contribution in [3.63, 3.8) is 0 Å². The Morgan fingerprint density at radius 1 is 1.29 bits per heavy atom. The van der Waals surface area contributed by atoms with Gasteiger partial charge in [-0.25, -0.2) is 13.8 Å². The number of aromatic nitrogens is 1. The summed E-state index contributed by atoms with van der Waals surface area (Å²) in [6, 6.07) is 10.7. The monoisotopic (exact) mass is 573 g/mol. The summed E-state index contributed by atoms with van der Waals surface area (Å²) in [6.45, 7) is 1.81. The number of likely N-dealkylation sites (tertiary alicyclic amines) is 1. The fraction of sp³-hybridized carbons (Fsp3) is 0.238. The molecule has 1 aliphatic heterocycles. The van der Waals surface area contributed by atoms with Crippen LogP contribution in [0.25, 0.3) is 0 Å². The van der Waals surface area contributed by atoms with Gasteiger partial charge in [-0.2, -0.15) is 8.42 Å². The molecule has 8 nitrogen and oxygen atoms in total. The van der Waals surface area contributed by atoms with Crippen LogP contribution in [0.2, 0.25) is 0 Å². The van der Waals surface area contributed by atoms with Gasteiger partial charge in [-0.15, -0.1) is 11.3 Å². The molecule has 1 aliphatic rings. The number of benzene rings is 2. The lowest BCUT2D eigenvalue weighted by molar-refractivity contribution is -0.128. The molecule has 1 saturated heterocycles. The average Bonchev–Trinajstić information content (AvgIpc) is 3.48. The molecule has 3 aromatic rings. The molecular formula is C21H18BrF2N3O5S2. The van der Waals surface area contributed by atoms with Crippen molar-refractivity contribution >= 4 is 49.6 Å². The Labute approximate surface area is 206 Å². The molecule has 0 spiro atoms. The Balaban J connectivity index is 1.55. The summed E-state index contributed by atoms with van der Waals surface area (Å²) >= 11 is 3.99. The normalized spacial score (nSPS) is 16.4. The predicted molar refractivity (Wildman–Crippen MR) is 124 cm³/mol. The average molecular weight is 574 g/mol. The van der Waals surface area contributed by atoms with Crippen LogP contribution < -0.4 is 9.21 Å². The van der Waals surface area contributed by atoms with E-state index >= 15 is 4.39 Å². The first kappa shape index (κ1) is 24.5. The number of anilines is 1. The maximum Gasteiger partial charge on any atom is 0.322 e. The van der Waals surface area contributed by atoms with Crippen molar-refractivity contribution in [2.75, 3.05) is 17.6 Å². The van der Waals surface area contributed by atoms with Gasteiger partial charge in [0.15, 0.2) is 22.3 Å². The maximum absolute atomic E-state index is 15.2. The fourth-order valence-electron chi connectivity index (χ4n) is 3.59. The van der Waals surface area contributed by atoms with Crippen molar-refractivity contribution in [1.82, 2.24) is 9.88 Å². The SMILES string of the molecule is O=CON(c1cscn1)S(=O)(=O)c1c(F)cc(O[C@H]2CCN(Cc3ccccc3)C2)c(Br)c1F. The lowest BCUT2D eigenvalue weighted by atomic mass is 10.2. The van der Waals surface area contributed by atoms with E-state index in [0.717, 1.165) is 29.5 Å². The molecule has 0 N–H and O–H groups in total. The van der Waals surface area contributed by atoms with Gasteiger partial charge in [-0.1, -0.05) is 34.8 Å². The van der Waals surface area contributed by atoms with E-state index in [9.17, 15) is 17.6 Å². The number of carbonyl (C=O) groups excluding carboxylic acids is 1. The Kier molecular flexibility index (Phi) is 7.45. The van der Waals surface area contributed by atoms with E-state index < -0.39 is 26.6 Å². The molecule has 0 unspecified atom stereocenters. The van der Waals surface area contributed by atoms with Gasteiger partial charge in [-0.3, -0.25) is 9.69 Å². The van der Waals surface area contributed by atoms with Crippen LogP contribution in [0.5, 0.6) is 5.75 Å². The summed E-state index contributed by atoms with van der Waals surface area (Å²) in [5, 5.41) is 1.24. The van der Waals surface area contributed by atoms with Crippen LogP contribution in [-0.4, -0.2) is 44.0 Å². The first-order chi connectivity index (χ1) is 16.3.